The standard InChI is InChI=1S/C13H21NO/c1-4-13(9-15)14-11(3)12-7-5-10(2)6-8-12/h5-8,11,13-15H,4,9H2,1-3H3/t11-,13+/m0/s1. The molecule has 0 heterocycles. The SMILES string of the molecule is CC[C@H](CO)N[C@@H](C)c1ccc(C)cc1. The maximum atomic E-state index is 9.10. The van der Waals surface area contributed by atoms with Gasteiger partial charge in [-0.15, -0.1) is 0 Å². The van der Waals surface area contributed by atoms with Crippen molar-refractivity contribution in [1.29, 1.82) is 0 Å². The Labute approximate surface area is 92.3 Å². The number of hydrogen-bond acceptors (Lipinski definition) is 2. The van der Waals surface area contributed by atoms with Crippen LogP contribution in [0.3, 0.4) is 0 Å². The lowest BCUT2D eigenvalue weighted by Gasteiger charge is -2.20. The van der Waals surface area contributed by atoms with Gasteiger partial charge < -0.3 is 10.4 Å². The van der Waals surface area contributed by atoms with Gasteiger partial charge in [0, 0.05) is 12.1 Å². The van der Waals surface area contributed by atoms with Gasteiger partial charge in [-0.1, -0.05) is 36.8 Å². The highest BCUT2D eigenvalue weighted by molar-refractivity contribution is 5.23. The summed E-state index contributed by atoms with van der Waals surface area (Å²) in [6, 6.07) is 9.00. The van der Waals surface area contributed by atoms with Gasteiger partial charge in [0.2, 0.25) is 0 Å². The fourth-order valence-electron chi connectivity index (χ4n) is 1.60. The zero-order chi connectivity index (χ0) is 11.3. The van der Waals surface area contributed by atoms with Crippen molar-refractivity contribution < 1.29 is 5.11 Å². The van der Waals surface area contributed by atoms with Crippen LogP contribution in [0.2, 0.25) is 0 Å². The first-order chi connectivity index (χ1) is 7.17. The summed E-state index contributed by atoms with van der Waals surface area (Å²) >= 11 is 0. The fraction of sp³-hybridized carbons (Fsp3) is 0.538. The minimum Gasteiger partial charge on any atom is -0.395 e. The Bertz CT molecular complexity index is 277. The quantitative estimate of drug-likeness (QED) is 0.777. The Morgan fingerprint density at radius 1 is 1.27 bits per heavy atom. The monoisotopic (exact) mass is 207 g/mol. The van der Waals surface area contributed by atoms with Gasteiger partial charge in [-0.05, 0) is 25.8 Å². The van der Waals surface area contributed by atoms with Crippen LogP contribution in [-0.4, -0.2) is 17.8 Å². The van der Waals surface area contributed by atoms with E-state index in [9.17, 15) is 0 Å². The van der Waals surface area contributed by atoms with Crippen LogP contribution in [0.1, 0.15) is 37.4 Å². The molecule has 0 bridgehead atoms. The minimum absolute atomic E-state index is 0.196. The molecule has 0 aliphatic carbocycles. The first-order valence-corrected chi connectivity index (χ1v) is 5.60. The number of aliphatic hydroxyl groups excluding tert-OH is 1. The van der Waals surface area contributed by atoms with Crippen LogP contribution in [0.5, 0.6) is 0 Å². The summed E-state index contributed by atoms with van der Waals surface area (Å²) in [6.07, 6.45) is 0.951. The largest absolute Gasteiger partial charge is 0.395 e. The summed E-state index contributed by atoms with van der Waals surface area (Å²) in [6.45, 7) is 6.50. The van der Waals surface area contributed by atoms with Crippen LogP contribution in [0.4, 0.5) is 0 Å². The van der Waals surface area contributed by atoms with Crippen molar-refractivity contribution in [2.45, 2.75) is 39.3 Å². The highest BCUT2D eigenvalue weighted by atomic mass is 16.3. The number of hydrogen-bond donors (Lipinski definition) is 2. The van der Waals surface area contributed by atoms with E-state index in [2.05, 4.69) is 50.4 Å². The molecule has 2 N–H and O–H groups in total. The Morgan fingerprint density at radius 3 is 2.33 bits per heavy atom. The summed E-state index contributed by atoms with van der Waals surface area (Å²) in [5.74, 6) is 0. The molecule has 0 aliphatic heterocycles. The van der Waals surface area contributed by atoms with Crippen molar-refractivity contribution in [2.24, 2.45) is 0 Å². The Hall–Kier alpha value is -0.860. The molecule has 84 valence electrons. The summed E-state index contributed by atoms with van der Waals surface area (Å²) in [7, 11) is 0. The first kappa shape index (κ1) is 12.2. The van der Waals surface area contributed by atoms with E-state index in [1.54, 1.807) is 0 Å². The van der Waals surface area contributed by atoms with Gasteiger partial charge in [0.05, 0.1) is 6.61 Å². The van der Waals surface area contributed by atoms with Crippen molar-refractivity contribution in [2.75, 3.05) is 6.61 Å². The molecule has 2 atom stereocenters. The lowest BCUT2D eigenvalue weighted by Crippen LogP contribution is -2.33. The topological polar surface area (TPSA) is 32.3 Å². The highest BCUT2D eigenvalue weighted by Gasteiger charge is 2.10. The van der Waals surface area contributed by atoms with E-state index in [4.69, 9.17) is 5.11 Å². The second kappa shape index (κ2) is 5.89. The Kier molecular flexibility index (Phi) is 4.79. The molecule has 15 heavy (non-hydrogen) atoms. The van der Waals surface area contributed by atoms with Crippen LogP contribution in [0.25, 0.3) is 0 Å². The smallest absolute Gasteiger partial charge is 0.0584 e. The minimum atomic E-state index is 0.196. The van der Waals surface area contributed by atoms with Crippen molar-refractivity contribution in [3.8, 4) is 0 Å². The molecule has 0 saturated heterocycles. The van der Waals surface area contributed by atoms with Crippen LogP contribution < -0.4 is 5.32 Å². The number of aryl methyl sites for hydroxylation is 1. The van der Waals surface area contributed by atoms with E-state index in [0.717, 1.165) is 6.42 Å². The normalized spacial score (nSPS) is 14.9. The van der Waals surface area contributed by atoms with E-state index in [0.29, 0.717) is 6.04 Å². The molecule has 0 aliphatic rings. The molecule has 2 heteroatoms. The second-order valence-corrected chi connectivity index (χ2v) is 4.09. The zero-order valence-corrected chi connectivity index (χ0v) is 9.83. The van der Waals surface area contributed by atoms with Crippen LogP contribution in [-0.2, 0) is 0 Å². The first-order valence-electron chi connectivity index (χ1n) is 5.60. The van der Waals surface area contributed by atoms with Gasteiger partial charge >= 0.3 is 0 Å². The van der Waals surface area contributed by atoms with E-state index in [1.807, 2.05) is 0 Å². The zero-order valence-electron chi connectivity index (χ0n) is 9.83. The molecule has 1 aromatic carbocycles. The number of nitrogens with one attached hydrogen (secondary N) is 1. The predicted octanol–water partition coefficient (Wildman–Crippen LogP) is 2.42. The lowest BCUT2D eigenvalue weighted by atomic mass is 10.1. The van der Waals surface area contributed by atoms with Crippen molar-refractivity contribution in [3.05, 3.63) is 35.4 Å². The molecular formula is C13H21NO. The van der Waals surface area contributed by atoms with Gasteiger partial charge in [0.25, 0.3) is 0 Å². The number of benzene rings is 1. The maximum Gasteiger partial charge on any atom is 0.0584 e. The van der Waals surface area contributed by atoms with Crippen molar-refractivity contribution >= 4 is 0 Å². The molecule has 0 unspecified atom stereocenters. The van der Waals surface area contributed by atoms with Gasteiger partial charge in [-0.3, -0.25) is 0 Å². The van der Waals surface area contributed by atoms with Gasteiger partial charge in [0.15, 0.2) is 0 Å². The average molecular weight is 207 g/mol. The van der Waals surface area contributed by atoms with Crippen LogP contribution in [0.15, 0.2) is 24.3 Å². The van der Waals surface area contributed by atoms with E-state index in [-0.39, 0.29) is 12.6 Å². The van der Waals surface area contributed by atoms with E-state index >= 15 is 0 Å². The summed E-state index contributed by atoms with van der Waals surface area (Å²) in [5, 5.41) is 12.5. The third-order valence-corrected chi connectivity index (χ3v) is 2.78. The fourth-order valence-corrected chi connectivity index (χ4v) is 1.60. The van der Waals surface area contributed by atoms with Crippen molar-refractivity contribution in [1.82, 2.24) is 5.32 Å². The number of aliphatic hydroxyl groups is 1. The molecular weight excluding hydrogens is 186 g/mol. The van der Waals surface area contributed by atoms with Crippen LogP contribution >= 0.6 is 0 Å². The van der Waals surface area contributed by atoms with Gasteiger partial charge in [-0.25, -0.2) is 0 Å². The molecule has 0 saturated carbocycles. The molecule has 0 spiro atoms. The summed E-state index contributed by atoms with van der Waals surface area (Å²) < 4.78 is 0. The van der Waals surface area contributed by atoms with Gasteiger partial charge in [-0.2, -0.15) is 0 Å². The van der Waals surface area contributed by atoms with Gasteiger partial charge in [0.1, 0.15) is 0 Å². The molecule has 0 radical (unpaired) electrons. The number of rotatable bonds is 5. The Balaban J connectivity index is 2.60. The highest BCUT2D eigenvalue weighted by Crippen LogP contribution is 2.14. The third kappa shape index (κ3) is 3.65. The molecule has 0 amide bonds. The molecule has 1 rings (SSSR count). The second-order valence-electron chi connectivity index (χ2n) is 4.09. The molecule has 0 aromatic heterocycles. The predicted molar refractivity (Wildman–Crippen MR) is 63.9 cm³/mol. The Morgan fingerprint density at radius 2 is 1.87 bits per heavy atom. The molecule has 1 aromatic rings. The van der Waals surface area contributed by atoms with Crippen molar-refractivity contribution in [3.63, 3.8) is 0 Å². The summed E-state index contributed by atoms with van der Waals surface area (Å²) in [4.78, 5) is 0. The van der Waals surface area contributed by atoms with Crippen LogP contribution in [0, 0.1) is 6.92 Å². The average Bonchev–Trinajstić information content (AvgIpc) is 2.26. The van der Waals surface area contributed by atoms with E-state index in [1.165, 1.54) is 11.1 Å². The molecule has 2 nitrogen and oxygen atoms in total. The summed E-state index contributed by atoms with van der Waals surface area (Å²) in [5.41, 5.74) is 2.55. The molecule has 0 fully saturated rings. The lowest BCUT2D eigenvalue weighted by molar-refractivity contribution is 0.230. The maximum absolute atomic E-state index is 9.10. The van der Waals surface area contributed by atoms with E-state index < -0.39 is 0 Å². The third-order valence-electron chi connectivity index (χ3n) is 2.78.